The molecule has 0 aliphatic heterocycles. The molecule has 0 aromatic carbocycles. The summed E-state index contributed by atoms with van der Waals surface area (Å²) in [5, 5.41) is 0. The molecular weight excluding hydrogens is 303 g/mol. The van der Waals surface area contributed by atoms with E-state index in [1.54, 1.807) is 0 Å². The predicted octanol–water partition coefficient (Wildman–Crippen LogP) is 0.219. The van der Waals surface area contributed by atoms with Crippen LogP contribution in [0.4, 0.5) is 0 Å². The first kappa shape index (κ1) is 22.7. The van der Waals surface area contributed by atoms with Crippen LogP contribution in [0.15, 0.2) is 0 Å². The van der Waals surface area contributed by atoms with Gasteiger partial charge in [-0.15, -0.1) is 0 Å². The number of nitrogens with one attached hydrogen (secondary N) is 2. The molecule has 0 amide bonds. The first-order valence-corrected chi connectivity index (χ1v) is 2.21. The first-order chi connectivity index (χ1) is 2.91. The minimum atomic E-state index is 0. The molecule has 4 nitrogen and oxygen atoms in total. The Balaban J connectivity index is -0.0000000417. The fourth-order valence-electron chi connectivity index (χ4n) is 0.250. The minimum absolute atomic E-state index is 0. The molecule has 5 heteroatoms. The minimum Gasteiger partial charge on any atom is -0.677 e. The molecule has 0 aromatic heterocycles. The zero-order valence-electron chi connectivity index (χ0n) is 5.14. The van der Waals surface area contributed by atoms with Crippen LogP contribution in [0.25, 0.3) is 11.5 Å². The first-order valence-electron chi connectivity index (χ1n) is 2.21. The van der Waals surface area contributed by atoms with Crippen molar-refractivity contribution in [2.75, 3.05) is 13.1 Å². The van der Waals surface area contributed by atoms with Gasteiger partial charge in [-0.2, -0.15) is 13.1 Å². The van der Waals surface area contributed by atoms with Crippen LogP contribution in [0.5, 0.6) is 0 Å². The number of hydrogen-bond donors (Lipinski definition) is 0. The summed E-state index contributed by atoms with van der Waals surface area (Å²) in [7, 11) is 0. The normalized spacial score (nSPS) is 6.00. The fourth-order valence-corrected chi connectivity index (χ4v) is 0.250. The summed E-state index contributed by atoms with van der Waals surface area (Å²) in [6.45, 7) is 0.970. The van der Waals surface area contributed by atoms with Crippen LogP contribution in [0.1, 0.15) is 12.8 Å². The van der Waals surface area contributed by atoms with Gasteiger partial charge >= 0.3 is 21.1 Å². The molecule has 9 heavy (non-hydrogen) atoms. The molecular formula is C4H14N2O2Pt. The second-order valence-electron chi connectivity index (χ2n) is 1.21. The van der Waals surface area contributed by atoms with Gasteiger partial charge in [0.05, 0.1) is 0 Å². The van der Waals surface area contributed by atoms with Crippen molar-refractivity contribution in [3.05, 3.63) is 11.5 Å². The molecule has 0 heterocycles. The van der Waals surface area contributed by atoms with Gasteiger partial charge in [0, 0.05) is 0 Å². The van der Waals surface area contributed by atoms with Crippen molar-refractivity contribution in [2.24, 2.45) is 0 Å². The third kappa shape index (κ3) is 29.2. The second kappa shape index (κ2) is 23.6. The smallest absolute Gasteiger partial charge is 0.677 e. The molecule has 6 N–H and O–H groups in total. The van der Waals surface area contributed by atoms with Crippen molar-refractivity contribution in [3.8, 4) is 0 Å². The number of unbranched alkanes of at least 4 members (excludes halogenated alkanes) is 1. The maximum absolute atomic E-state index is 6.62. The molecule has 0 spiro atoms. The average Bonchev–Trinajstić information content (AvgIpc) is 1.61. The molecule has 62 valence electrons. The van der Waals surface area contributed by atoms with Crippen molar-refractivity contribution in [3.63, 3.8) is 0 Å². The van der Waals surface area contributed by atoms with Crippen molar-refractivity contribution < 1.29 is 32.0 Å². The molecule has 0 radical (unpaired) electrons. The molecule has 0 rings (SSSR count). The summed E-state index contributed by atoms with van der Waals surface area (Å²) in [5.41, 5.74) is 13.2. The Morgan fingerprint density at radius 1 is 0.778 bits per heavy atom. The van der Waals surface area contributed by atoms with Crippen LogP contribution in [-0.4, -0.2) is 24.0 Å². The summed E-state index contributed by atoms with van der Waals surface area (Å²) in [6, 6.07) is 0. The van der Waals surface area contributed by atoms with Gasteiger partial charge in [0.15, 0.2) is 0 Å². The van der Waals surface area contributed by atoms with Crippen molar-refractivity contribution >= 4 is 0 Å². The largest absolute Gasteiger partial charge is 2.00 e. The number of hydrogen-bond acceptors (Lipinski definition) is 0. The van der Waals surface area contributed by atoms with Gasteiger partial charge in [-0.05, 0) is 0 Å². The average molecular weight is 317 g/mol. The van der Waals surface area contributed by atoms with E-state index < -0.39 is 0 Å². The van der Waals surface area contributed by atoms with Gasteiger partial charge in [-0.3, -0.25) is 0 Å². The van der Waals surface area contributed by atoms with Crippen molar-refractivity contribution in [1.82, 2.24) is 0 Å². The van der Waals surface area contributed by atoms with E-state index in [9.17, 15) is 0 Å². The maximum Gasteiger partial charge on any atom is 2.00 e. The fraction of sp³-hybridized carbons (Fsp3) is 1.00. The Hall–Kier alpha value is 0.528. The molecule has 0 aliphatic carbocycles. The van der Waals surface area contributed by atoms with E-state index in [0.29, 0.717) is 13.1 Å². The van der Waals surface area contributed by atoms with Crippen LogP contribution in [0, 0.1) is 0 Å². The van der Waals surface area contributed by atoms with E-state index in [1.165, 1.54) is 0 Å². The summed E-state index contributed by atoms with van der Waals surface area (Å²) >= 11 is 0. The quantitative estimate of drug-likeness (QED) is 0.663. The predicted molar refractivity (Wildman–Crippen MR) is 34.8 cm³/mol. The molecule has 0 bridgehead atoms. The standard InChI is InChI=1S/C4H10N2.2H2O.Pt/c5-3-1-2-4-6;;;/h5-6H,1-4H2;2*1H2;/q-2;;;+2. The molecule has 0 atom stereocenters. The summed E-state index contributed by atoms with van der Waals surface area (Å²) in [6.07, 6.45) is 1.78. The van der Waals surface area contributed by atoms with E-state index in [4.69, 9.17) is 11.5 Å². The number of rotatable bonds is 3. The SMILES string of the molecule is O.O.[NH-]CCCC[NH-].[Pt+2]. The van der Waals surface area contributed by atoms with Gasteiger partial charge in [-0.1, -0.05) is 12.8 Å². The Labute approximate surface area is 69.9 Å². The summed E-state index contributed by atoms with van der Waals surface area (Å²) < 4.78 is 0. The molecule has 0 fully saturated rings. The third-order valence-corrected chi connectivity index (χ3v) is 0.604. The second-order valence-corrected chi connectivity index (χ2v) is 1.21. The van der Waals surface area contributed by atoms with Crippen LogP contribution < -0.4 is 0 Å². The van der Waals surface area contributed by atoms with Crippen molar-refractivity contribution in [2.45, 2.75) is 12.8 Å². The molecule has 0 saturated heterocycles. The van der Waals surface area contributed by atoms with E-state index in [0.717, 1.165) is 12.8 Å². The van der Waals surface area contributed by atoms with Crippen molar-refractivity contribution in [1.29, 1.82) is 0 Å². The Morgan fingerprint density at radius 2 is 1.00 bits per heavy atom. The van der Waals surface area contributed by atoms with E-state index >= 15 is 0 Å². The van der Waals surface area contributed by atoms with Gasteiger partial charge in [0.2, 0.25) is 0 Å². The van der Waals surface area contributed by atoms with Gasteiger partial charge in [0.25, 0.3) is 0 Å². The monoisotopic (exact) mass is 317 g/mol. The van der Waals surface area contributed by atoms with Crippen LogP contribution in [0.2, 0.25) is 0 Å². The molecule has 0 aliphatic rings. The van der Waals surface area contributed by atoms with Crippen LogP contribution >= 0.6 is 0 Å². The van der Waals surface area contributed by atoms with Gasteiger partial charge in [0.1, 0.15) is 0 Å². The van der Waals surface area contributed by atoms with E-state index in [-0.39, 0.29) is 32.0 Å². The molecule has 0 unspecified atom stereocenters. The zero-order valence-corrected chi connectivity index (χ0v) is 7.42. The molecule has 0 aromatic rings. The summed E-state index contributed by atoms with van der Waals surface area (Å²) in [4.78, 5) is 0. The van der Waals surface area contributed by atoms with Crippen LogP contribution in [0.3, 0.4) is 0 Å². The van der Waals surface area contributed by atoms with E-state index in [1.807, 2.05) is 0 Å². The summed E-state index contributed by atoms with van der Waals surface area (Å²) in [5.74, 6) is 0. The van der Waals surface area contributed by atoms with Gasteiger partial charge < -0.3 is 22.4 Å². The Kier molecular flexibility index (Phi) is 59.4. The van der Waals surface area contributed by atoms with E-state index in [2.05, 4.69) is 0 Å². The topological polar surface area (TPSA) is 111 Å². The van der Waals surface area contributed by atoms with Crippen LogP contribution in [-0.2, 0) is 21.1 Å². The maximum atomic E-state index is 6.62. The third-order valence-electron chi connectivity index (χ3n) is 0.604. The Bertz CT molecular complexity index is 28.5. The molecule has 0 saturated carbocycles. The van der Waals surface area contributed by atoms with Gasteiger partial charge in [-0.25, -0.2) is 0 Å². The Morgan fingerprint density at radius 3 is 1.11 bits per heavy atom. The zero-order chi connectivity index (χ0) is 4.83.